The van der Waals surface area contributed by atoms with Gasteiger partial charge in [-0.05, 0) is 59.2 Å². The average Bonchev–Trinajstić information content (AvgIpc) is 3.10. The summed E-state index contributed by atoms with van der Waals surface area (Å²) in [7, 11) is 2.67. The molecule has 0 unspecified atom stereocenters. The van der Waals surface area contributed by atoms with Gasteiger partial charge in [-0.3, -0.25) is 0 Å². The smallest absolute Gasteiger partial charge is 0.419 e. The van der Waals surface area contributed by atoms with Crippen LogP contribution in [0.5, 0.6) is 5.75 Å². The van der Waals surface area contributed by atoms with Crippen LogP contribution >= 0.6 is 0 Å². The monoisotopic (exact) mass is 449 g/mol. The van der Waals surface area contributed by atoms with Crippen LogP contribution in [-0.4, -0.2) is 32.6 Å². The Balaban J connectivity index is 1.89. The van der Waals surface area contributed by atoms with Gasteiger partial charge in [-0.25, -0.2) is 4.79 Å². The Morgan fingerprint density at radius 3 is 2.53 bits per heavy atom. The van der Waals surface area contributed by atoms with Gasteiger partial charge < -0.3 is 9.57 Å². The zero-order valence-corrected chi connectivity index (χ0v) is 18.0. The summed E-state index contributed by atoms with van der Waals surface area (Å²) >= 11 is 0. The minimum absolute atomic E-state index is 0.0119. The molecule has 1 aromatic heterocycles. The van der Waals surface area contributed by atoms with Gasteiger partial charge >= 0.3 is 11.9 Å². The molecule has 0 aliphatic heterocycles. The van der Waals surface area contributed by atoms with Crippen LogP contribution in [0, 0.1) is 0 Å². The standard InChI is InChI=1S/C21H22F3N5O3/c1-5-14-7-6-8-18(29-20(30)28(3)26-27-29)16(14)12-32-25-13(2)15-9-10-19(31-4)17(11-15)21(22,23)24/h6-11H,5,12H2,1-4H3. The number of tetrazole rings is 1. The molecule has 3 rings (SSSR count). The zero-order chi connectivity index (χ0) is 23.5. The van der Waals surface area contributed by atoms with Crippen LogP contribution in [0.4, 0.5) is 13.2 Å². The predicted octanol–water partition coefficient (Wildman–Crippen LogP) is 3.50. The number of aromatic nitrogens is 4. The van der Waals surface area contributed by atoms with E-state index in [2.05, 4.69) is 15.6 Å². The van der Waals surface area contributed by atoms with Gasteiger partial charge in [-0.1, -0.05) is 24.2 Å². The van der Waals surface area contributed by atoms with Crippen LogP contribution in [0.3, 0.4) is 0 Å². The van der Waals surface area contributed by atoms with Crippen molar-refractivity contribution in [3.63, 3.8) is 0 Å². The molecule has 0 fully saturated rings. The zero-order valence-electron chi connectivity index (χ0n) is 18.0. The molecular weight excluding hydrogens is 427 g/mol. The highest BCUT2D eigenvalue weighted by Crippen LogP contribution is 2.36. The summed E-state index contributed by atoms with van der Waals surface area (Å²) in [5, 5.41) is 11.6. The predicted molar refractivity (Wildman–Crippen MR) is 111 cm³/mol. The summed E-state index contributed by atoms with van der Waals surface area (Å²) in [6.07, 6.45) is -3.90. The molecule has 0 N–H and O–H groups in total. The van der Waals surface area contributed by atoms with Gasteiger partial charge in [0, 0.05) is 12.6 Å². The first-order chi connectivity index (χ1) is 15.2. The van der Waals surface area contributed by atoms with E-state index in [0.717, 1.165) is 21.0 Å². The molecule has 3 aromatic rings. The molecule has 0 saturated heterocycles. The first kappa shape index (κ1) is 23.0. The largest absolute Gasteiger partial charge is 0.496 e. The summed E-state index contributed by atoms with van der Waals surface area (Å²) in [4.78, 5) is 17.8. The van der Waals surface area contributed by atoms with Crippen molar-refractivity contribution in [1.29, 1.82) is 0 Å². The maximum absolute atomic E-state index is 13.3. The van der Waals surface area contributed by atoms with E-state index in [0.29, 0.717) is 17.7 Å². The van der Waals surface area contributed by atoms with E-state index in [4.69, 9.17) is 9.57 Å². The number of rotatable bonds is 7. The number of alkyl halides is 3. The maximum Gasteiger partial charge on any atom is 0.419 e. The van der Waals surface area contributed by atoms with Gasteiger partial charge in [0.2, 0.25) is 0 Å². The quantitative estimate of drug-likeness (QED) is 0.407. The van der Waals surface area contributed by atoms with Gasteiger partial charge in [0.15, 0.2) is 0 Å². The van der Waals surface area contributed by atoms with Crippen molar-refractivity contribution in [3.05, 3.63) is 69.1 Å². The third-order valence-corrected chi connectivity index (χ3v) is 4.91. The van der Waals surface area contributed by atoms with Crippen molar-refractivity contribution in [2.45, 2.75) is 33.1 Å². The lowest BCUT2D eigenvalue weighted by molar-refractivity contribution is -0.138. The Morgan fingerprint density at radius 1 is 1.19 bits per heavy atom. The molecule has 1 heterocycles. The summed E-state index contributed by atoms with van der Waals surface area (Å²) in [6, 6.07) is 9.07. The fourth-order valence-corrected chi connectivity index (χ4v) is 3.18. The van der Waals surface area contributed by atoms with Gasteiger partial charge in [-0.15, -0.1) is 0 Å². The molecular formula is C21H22F3N5O3. The Hall–Kier alpha value is -3.63. The van der Waals surface area contributed by atoms with Crippen molar-refractivity contribution >= 4 is 5.71 Å². The van der Waals surface area contributed by atoms with Crippen molar-refractivity contribution in [2.24, 2.45) is 12.2 Å². The Bertz CT molecular complexity index is 1200. The molecule has 0 aliphatic carbocycles. The number of benzene rings is 2. The molecule has 32 heavy (non-hydrogen) atoms. The number of hydrogen-bond acceptors (Lipinski definition) is 6. The molecule has 170 valence electrons. The molecule has 11 heteroatoms. The number of ether oxygens (including phenoxy) is 1. The van der Waals surface area contributed by atoms with Crippen molar-refractivity contribution in [1.82, 2.24) is 19.8 Å². The van der Waals surface area contributed by atoms with Crippen molar-refractivity contribution in [2.75, 3.05) is 7.11 Å². The second-order valence-corrected chi connectivity index (χ2v) is 6.93. The Kier molecular flexibility index (Phi) is 6.66. The number of nitrogens with zero attached hydrogens (tertiary/aromatic N) is 5. The first-order valence-corrected chi connectivity index (χ1v) is 9.69. The van der Waals surface area contributed by atoms with Crippen molar-refractivity contribution in [3.8, 4) is 11.4 Å². The van der Waals surface area contributed by atoms with E-state index in [1.165, 1.54) is 26.3 Å². The van der Waals surface area contributed by atoms with Gasteiger partial charge in [0.05, 0.1) is 24.1 Å². The molecule has 0 bridgehead atoms. The minimum atomic E-state index is -4.57. The topological polar surface area (TPSA) is 83.5 Å². The number of halogens is 3. The highest BCUT2D eigenvalue weighted by molar-refractivity contribution is 5.98. The number of hydrogen-bond donors (Lipinski definition) is 0. The SMILES string of the molecule is CCc1cccc(-n2nnn(C)c2=O)c1CON=C(C)c1ccc(OC)c(C(F)(F)F)c1. The van der Waals surface area contributed by atoms with Crippen LogP contribution < -0.4 is 10.4 Å². The van der Waals surface area contributed by atoms with Gasteiger partial charge in [0.1, 0.15) is 12.4 Å². The van der Waals surface area contributed by atoms with E-state index in [1.807, 2.05) is 13.0 Å². The third kappa shape index (κ3) is 4.66. The lowest BCUT2D eigenvalue weighted by Gasteiger charge is -2.14. The van der Waals surface area contributed by atoms with E-state index < -0.39 is 17.4 Å². The first-order valence-electron chi connectivity index (χ1n) is 9.69. The minimum Gasteiger partial charge on any atom is -0.496 e. The third-order valence-electron chi connectivity index (χ3n) is 4.91. The van der Waals surface area contributed by atoms with Crippen LogP contribution in [0.25, 0.3) is 5.69 Å². The Labute approximate surface area is 181 Å². The molecule has 0 saturated carbocycles. The van der Waals surface area contributed by atoms with Gasteiger partial charge in [0.25, 0.3) is 0 Å². The molecule has 0 atom stereocenters. The summed E-state index contributed by atoms with van der Waals surface area (Å²) < 4.78 is 46.9. The van der Waals surface area contributed by atoms with E-state index >= 15 is 0 Å². The van der Waals surface area contributed by atoms with E-state index in [1.54, 1.807) is 19.1 Å². The summed E-state index contributed by atoms with van der Waals surface area (Å²) in [5.74, 6) is -0.272. The lowest BCUT2D eigenvalue weighted by atomic mass is 10.0. The van der Waals surface area contributed by atoms with Crippen LogP contribution in [0.2, 0.25) is 0 Å². The van der Waals surface area contributed by atoms with Crippen molar-refractivity contribution < 1.29 is 22.7 Å². The van der Waals surface area contributed by atoms with Crippen LogP contribution in [0.15, 0.2) is 46.3 Å². The van der Waals surface area contributed by atoms with E-state index in [9.17, 15) is 18.0 Å². The fourth-order valence-electron chi connectivity index (χ4n) is 3.18. The van der Waals surface area contributed by atoms with Gasteiger partial charge in [-0.2, -0.15) is 22.5 Å². The fraction of sp³-hybridized carbons (Fsp3) is 0.333. The lowest BCUT2D eigenvalue weighted by Crippen LogP contribution is -2.23. The van der Waals surface area contributed by atoms with Crippen LogP contribution in [-0.2, 0) is 31.1 Å². The number of oxime groups is 1. The summed E-state index contributed by atoms with van der Waals surface area (Å²) in [6.45, 7) is 3.48. The Morgan fingerprint density at radius 2 is 1.94 bits per heavy atom. The highest BCUT2D eigenvalue weighted by Gasteiger charge is 2.34. The molecule has 0 radical (unpaired) electrons. The molecule has 0 aliphatic rings. The molecule has 2 aromatic carbocycles. The molecule has 0 amide bonds. The molecule has 0 spiro atoms. The molecule has 8 nitrogen and oxygen atoms in total. The normalized spacial score (nSPS) is 12.2. The van der Waals surface area contributed by atoms with Crippen LogP contribution in [0.1, 0.15) is 36.1 Å². The number of aryl methyl sites for hydroxylation is 2. The maximum atomic E-state index is 13.3. The highest BCUT2D eigenvalue weighted by atomic mass is 19.4. The average molecular weight is 449 g/mol. The number of methoxy groups -OCH3 is 1. The second-order valence-electron chi connectivity index (χ2n) is 6.93. The summed E-state index contributed by atoms with van der Waals surface area (Å²) in [5.41, 5.74) is 1.28. The second kappa shape index (κ2) is 9.25. The van der Waals surface area contributed by atoms with E-state index in [-0.39, 0.29) is 23.6 Å².